The average Bonchev–Trinajstić information content (AvgIpc) is 2.30. The normalized spacial score (nSPS) is 11.0. The minimum absolute atomic E-state index is 1.20. The molecule has 0 aliphatic carbocycles. The van der Waals surface area contributed by atoms with Gasteiger partial charge in [0.15, 0.2) is 5.69 Å². The van der Waals surface area contributed by atoms with E-state index >= 15 is 0 Å². The Bertz CT molecular complexity index is 641. The first kappa shape index (κ1) is 8.42. The molecule has 0 radical (unpaired) electrons. The monoisotopic (exact) mass is 194 g/mol. The van der Waals surface area contributed by atoms with E-state index in [0.717, 1.165) is 0 Å². The van der Waals surface area contributed by atoms with Gasteiger partial charge < -0.3 is 0 Å². The molecule has 0 aliphatic heterocycles. The molecule has 1 nitrogen and oxygen atoms in total. The van der Waals surface area contributed by atoms with E-state index in [4.69, 9.17) is 0 Å². The number of H-pyrrole nitrogens is 1. The average molecular weight is 194 g/mol. The van der Waals surface area contributed by atoms with E-state index in [1.165, 1.54) is 27.4 Å². The molecular weight excluding hydrogens is 182 g/mol. The van der Waals surface area contributed by atoms with Crippen LogP contribution in [0.1, 0.15) is 5.69 Å². The fourth-order valence-electron chi connectivity index (χ4n) is 2.14. The quantitative estimate of drug-likeness (QED) is 0.488. The van der Waals surface area contributed by atoms with E-state index in [1.54, 1.807) is 0 Å². The largest absolute Gasteiger partial charge is 0.211 e. The lowest BCUT2D eigenvalue weighted by Gasteiger charge is -2.00. The van der Waals surface area contributed by atoms with Gasteiger partial charge in [0.2, 0.25) is 5.52 Å². The Balaban J connectivity index is 2.64. The van der Waals surface area contributed by atoms with Gasteiger partial charge in [-0.3, -0.25) is 0 Å². The van der Waals surface area contributed by atoms with Crippen molar-refractivity contribution in [2.75, 3.05) is 0 Å². The van der Waals surface area contributed by atoms with Crippen LogP contribution in [0, 0.1) is 6.92 Å². The van der Waals surface area contributed by atoms with Crippen LogP contribution in [0.15, 0.2) is 48.5 Å². The number of aromatic nitrogens is 1. The second-order valence-electron chi connectivity index (χ2n) is 3.84. The van der Waals surface area contributed by atoms with E-state index in [2.05, 4.69) is 60.4 Å². The number of hydrogen-bond acceptors (Lipinski definition) is 0. The molecule has 15 heavy (non-hydrogen) atoms. The predicted octanol–water partition coefficient (Wildman–Crippen LogP) is 3.12. The molecule has 0 saturated carbocycles. The third-order valence-electron chi connectivity index (χ3n) is 2.87. The minimum Gasteiger partial charge on any atom is -0.208 e. The lowest BCUT2D eigenvalue weighted by atomic mass is 10.0. The molecule has 0 amide bonds. The number of hydrogen-bond donors (Lipinski definition) is 0. The molecule has 1 aromatic heterocycles. The summed E-state index contributed by atoms with van der Waals surface area (Å²) in [5.41, 5.74) is 2.43. The zero-order valence-electron chi connectivity index (χ0n) is 8.62. The number of aryl methyl sites for hydroxylation is 1. The highest BCUT2D eigenvalue weighted by Gasteiger charge is 2.08. The van der Waals surface area contributed by atoms with Crippen LogP contribution in [0.25, 0.3) is 21.7 Å². The van der Waals surface area contributed by atoms with Crippen LogP contribution in [0.2, 0.25) is 0 Å². The van der Waals surface area contributed by atoms with Crippen molar-refractivity contribution >= 4 is 21.7 Å². The first-order valence-corrected chi connectivity index (χ1v) is 5.15. The van der Waals surface area contributed by atoms with Crippen molar-refractivity contribution in [2.45, 2.75) is 6.92 Å². The second-order valence-corrected chi connectivity index (χ2v) is 3.84. The molecule has 0 fully saturated rings. The Hall–Kier alpha value is -1.89. The summed E-state index contributed by atoms with van der Waals surface area (Å²) in [4.78, 5) is 3.43. The van der Waals surface area contributed by atoms with E-state index in [1.807, 2.05) is 0 Å². The fourth-order valence-corrected chi connectivity index (χ4v) is 2.14. The Morgan fingerprint density at radius 3 is 2.13 bits per heavy atom. The Morgan fingerprint density at radius 1 is 0.733 bits per heavy atom. The maximum atomic E-state index is 3.43. The molecule has 3 rings (SSSR count). The van der Waals surface area contributed by atoms with Crippen LogP contribution >= 0.6 is 0 Å². The van der Waals surface area contributed by atoms with Gasteiger partial charge in [0.1, 0.15) is 0 Å². The van der Waals surface area contributed by atoms with Gasteiger partial charge in [0, 0.05) is 23.8 Å². The van der Waals surface area contributed by atoms with E-state index in [9.17, 15) is 0 Å². The number of aromatic amines is 1. The highest BCUT2D eigenvalue weighted by Crippen LogP contribution is 2.22. The summed E-state index contributed by atoms with van der Waals surface area (Å²) in [7, 11) is 0. The van der Waals surface area contributed by atoms with E-state index in [0.29, 0.717) is 0 Å². The maximum Gasteiger partial charge on any atom is 0.211 e. The van der Waals surface area contributed by atoms with Gasteiger partial charge in [-0.1, -0.05) is 30.3 Å². The summed E-state index contributed by atoms with van der Waals surface area (Å²) in [6.07, 6.45) is 0. The Kier molecular flexibility index (Phi) is 1.72. The number of fused-ring (bicyclic) bond motifs is 3. The third kappa shape index (κ3) is 1.20. The SMILES string of the molecule is Cc1[nH+]c2ccccc2c2ccccc12. The molecule has 0 spiro atoms. The van der Waals surface area contributed by atoms with Crippen molar-refractivity contribution in [3.8, 4) is 0 Å². The predicted molar refractivity (Wildman–Crippen MR) is 62.7 cm³/mol. The topological polar surface area (TPSA) is 14.1 Å². The molecule has 72 valence electrons. The summed E-state index contributed by atoms with van der Waals surface area (Å²) in [6, 6.07) is 16.9. The van der Waals surface area contributed by atoms with Crippen LogP contribution in [-0.4, -0.2) is 0 Å². The first-order valence-electron chi connectivity index (χ1n) is 5.15. The van der Waals surface area contributed by atoms with Gasteiger partial charge in [0.25, 0.3) is 0 Å². The van der Waals surface area contributed by atoms with Gasteiger partial charge in [-0.2, -0.15) is 0 Å². The van der Waals surface area contributed by atoms with Gasteiger partial charge in [-0.05, 0) is 12.1 Å². The summed E-state index contributed by atoms with van der Waals surface area (Å²) < 4.78 is 0. The smallest absolute Gasteiger partial charge is 0.208 e. The number of para-hydroxylation sites is 1. The fraction of sp³-hybridized carbons (Fsp3) is 0.0714. The zero-order chi connectivity index (χ0) is 10.3. The highest BCUT2D eigenvalue weighted by molar-refractivity contribution is 6.04. The van der Waals surface area contributed by atoms with Gasteiger partial charge in [-0.15, -0.1) is 0 Å². The van der Waals surface area contributed by atoms with Crippen LogP contribution in [0.4, 0.5) is 0 Å². The zero-order valence-corrected chi connectivity index (χ0v) is 8.62. The molecule has 1 heterocycles. The molecule has 0 bridgehead atoms. The van der Waals surface area contributed by atoms with Crippen LogP contribution in [0.3, 0.4) is 0 Å². The molecule has 1 N–H and O–H groups in total. The van der Waals surface area contributed by atoms with Gasteiger partial charge in [-0.25, -0.2) is 4.98 Å². The Labute approximate surface area is 88.4 Å². The van der Waals surface area contributed by atoms with Gasteiger partial charge >= 0.3 is 0 Å². The van der Waals surface area contributed by atoms with Crippen LogP contribution in [0.5, 0.6) is 0 Å². The van der Waals surface area contributed by atoms with Crippen molar-refractivity contribution in [3.63, 3.8) is 0 Å². The lowest BCUT2D eigenvalue weighted by molar-refractivity contribution is -0.352. The molecular formula is C14H12N+. The summed E-state index contributed by atoms with van der Waals surface area (Å²) in [6.45, 7) is 2.12. The van der Waals surface area contributed by atoms with Crippen molar-refractivity contribution in [1.29, 1.82) is 0 Å². The number of nitrogens with one attached hydrogen (secondary N) is 1. The molecule has 2 aromatic carbocycles. The third-order valence-corrected chi connectivity index (χ3v) is 2.87. The highest BCUT2D eigenvalue weighted by atomic mass is 14.7. The number of rotatable bonds is 0. The molecule has 0 saturated heterocycles. The minimum atomic E-state index is 1.20. The molecule has 0 unspecified atom stereocenters. The molecule has 0 aliphatic rings. The summed E-state index contributed by atoms with van der Waals surface area (Å²) in [5, 5.41) is 3.92. The van der Waals surface area contributed by atoms with Crippen molar-refractivity contribution in [2.24, 2.45) is 0 Å². The van der Waals surface area contributed by atoms with Gasteiger partial charge in [0.05, 0.1) is 5.39 Å². The van der Waals surface area contributed by atoms with Crippen molar-refractivity contribution < 1.29 is 4.98 Å². The summed E-state index contributed by atoms with van der Waals surface area (Å²) in [5.74, 6) is 0. The van der Waals surface area contributed by atoms with Crippen LogP contribution in [-0.2, 0) is 0 Å². The van der Waals surface area contributed by atoms with Crippen LogP contribution < -0.4 is 4.98 Å². The summed E-state index contributed by atoms with van der Waals surface area (Å²) >= 11 is 0. The first-order chi connectivity index (χ1) is 7.36. The van der Waals surface area contributed by atoms with E-state index in [-0.39, 0.29) is 0 Å². The van der Waals surface area contributed by atoms with Crippen molar-refractivity contribution in [1.82, 2.24) is 0 Å². The van der Waals surface area contributed by atoms with Crippen molar-refractivity contribution in [3.05, 3.63) is 54.2 Å². The lowest BCUT2D eigenvalue weighted by Crippen LogP contribution is -2.08. The van der Waals surface area contributed by atoms with E-state index < -0.39 is 0 Å². The maximum absolute atomic E-state index is 3.43. The standard InChI is InChI=1S/C14H11N/c1-10-11-6-2-3-7-12(11)13-8-4-5-9-14(13)15-10/h2-9H,1H3/p+1. The Morgan fingerprint density at radius 2 is 1.33 bits per heavy atom. The second kappa shape index (κ2) is 3.06. The molecule has 1 heteroatoms. The number of benzene rings is 2. The molecule has 3 aromatic rings. The molecule has 0 atom stereocenters. The number of pyridine rings is 1.